The molecule has 2 aliphatic carbocycles. The van der Waals surface area contributed by atoms with Gasteiger partial charge in [0.15, 0.2) is 0 Å². The second-order valence-electron chi connectivity index (χ2n) is 6.93. The standard InChI is InChI=1S/C17H28N4/c1-12-15-5-4-6-16(15)20-17(19-12)18-11-13-7-9-14(10-8-13)21(2)3/h13-14H,4-11H2,1-3H3,(H,18,19,20). The van der Waals surface area contributed by atoms with Gasteiger partial charge >= 0.3 is 0 Å². The van der Waals surface area contributed by atoms with Gasteiger partial charge in [-0.05, 0) is 77.4 Å². The first kappa shape index (κ1) is 14.8. The Morgan fingerprint density at radius 1 is 1.10 bits per heavy atom. The van der Waals surface area contributed by atoms with Crippen LogP contribution >= 0.6 is 0 Å². The van der Waals surface area contributed by atoms with Crippen LogP contribution in [0, 0.1) is 12.8 Å². The summed E-state index contributed by atoms with van der Waals surface area (Å²) in [5.74, 6) is 1.63. The summed E-state index contributed by atoms with van der Waals surface area (Å²) >= 11 is 0. The van der Waals surface area contributed by atoms with Gasteiger partial charge in [0.1, 0.15) is 0 Å². The molecular formula is C17H28N4. The Morgan fingerprint density at radius 2 is 1.86 bits per heavy atom. The van der Waals surface area contributed by atoms with Gasteiger partial charge in [-0.1, -0.05) is 0 Å². The third kappa shape index (κ3) is 3.37. The SMILES string of the molecule is Cc1nc(NCC2CCC(N(C)C)CC2)nc2c1CCC2. The molecule has 1 heterocycles. The Balaban J connectivity index is 1.53. The first-order valence-electron chi connectivity index (χ1n) is 8.40. The molecule has 1 aromatic heterocycles. The van der Waals surface area contributed by atoms with Gasteiger partial charge in [0, 0.05) is 24.0 Å². The van der Waals surface area contributed by atoms with Crippen molar-refractivity contribution in [1.29, 1.82) is 0 Å². The van der Waals surface area contributed by atoms with Crippen molar-refractivity contribution in [3.63, 3.8) is 0 Å². The molecule has 1 saturated carbocycles. The van der Waals surface area contributed by atoms with Crippen LogP contribution in [-0.2, 0) is 12.8 Å². The molecule has 3 rings (SSSR count). The highest BCUT2D eigenvalue weighted by atomic mass is 15.1. The highest BCUT2D eigenvalue weighted by Gasteiger charge is 2.23. The maximum Gasteiger partial charge on any atom is 0.223 e. The van der Waals surface area contributed by atoms with Crippen molar-refractivity contribution in [2.75, 3.05) is 26.0 Å². The Kier molecular flexibility index (Phi) is 4.43. The molecule has 0 atom stereocenters. The molecule has 0 unspecified atom stereocenters. The molecule has 4 heteroatoms. The lowest BCUT2D eigenvalue weighted by Gasteiger charge is -2.32. The molecule has 0 spiro atoms. The van der Waals surface area contributed by atoms with Crippen molar-refractivity contribution in [2.45, 2.75) is 57.9 Å². The third-order valence-corrected chi connectivity index (χ3v) is 5.24. The van der Waals surface area contributed by atoms with Crippen LogP contribution in [0.3, 0.4) is 0 Å². The van der Waals surface area contributed by atoms with E-state index in [1.54, 1.807) is 0 Å². The zero-order valence-electron chi connectivity index (χ0n) is 13.7. The van der Waals surface area contributed by atoms with Crippen LogP contribution in [0.1, 0.15) is 49.1 Å². The average molecular weight is 288 g/mol. The molecule has 116 valence electrons. The Morgan fingerprint density at radius 3 is 2.57 bits per heavy atom. The topological polar surface area (TPSA) is 41.1 Å². The lowest BCUT2D eigenvalue weighted by molar-refractivity contribution is 0.198. The van der Waals surface area contributed by atoms with E-state index in [9.17, 15) is 0 Å². The minimum Gasteiger partial charge on any atom is -0.354 e. The van der Waals surface area contributed by atoms with E-state index >= 15 is 0 Å². The monoisotopic (exact) mass is 288 g/mol. The molecule has 0 aromatic carbocycles. The van der Waals surface area contributed by atoms with E-state index in [0.29, 0.717) is 0 Å². The molecule has 1 aromatic rings. The van der Waals surface area contributed by atoms with Gasteiger partial charge in [-0.2, -0.15) is 0 Å². The molecule has 0 saturated heterocycles. The number of aromatic nitrogens is 2. The van der Waals surface area contributed by atoms with Crippen molar-refractivity contribution in [2.24, 2.45) is 5.92 Å². The van der Waals surface area contributed by atoms with E-state index in [1.165, 1.54) is 49.1 Å². The van der Waals surface area contributed by atoms with Crippen molar-refractivity contribution >= 4 is 5.95 Å². The molecule has 2 aliphatic rings. The Bertz CT molecular complexity index is 490. The van der Waals surface area contributed by atoms with Gasteiger partial charge < -0.3 is 10.2 Å². The van der Waals surface area contributed by atoms with Gasteiger partial charge in [-0.15, -0.1) is 0 Å². The van der Waals surface area contributed by atoms with E-state index in [4.69, 9.17) is 4.98 Å². The number of rotatable bonds is 4. The first-order valence-corrected chi connectivity index (χ1v) is 8.40. The second kappa shape index (κ2) is 6.30. The molecule has 0 bridgehead atoms. The number of hydrogen-bond acceptors (Lipinski definition) is 4. The first-order chi connectivity index (χ1) is 10.1. The van der Waals surface area contributed by atoms with Crippen LogP contribution in [0.2, 0.25) is 0 Å². The van der Waals surface area contributed by atoms with Crippen LogP contribution in [0.15, 0.2) is 0 Å². The number of nitrogens with one attached hydrogen (secondary N) is 1. The lowest BCUT2D eigenvalue weighted by atomic mass is 9.85. The zero-order chi connectivity index (χ0) is 14.8. The summed E-state index contributed by atoms with van der Waals surface area (Å²) in [6.45, 7) is 3.15. The van der Waals surface area contributed by atoms with Gasteiger partial charge in [0.25, 0.3) is 0 Å². The maximum absolute atomic E-state index is 4.71. The quantitative estimate of drug-likeness (QED) is 0.925. The highest BCUT2D eigenvalue weighted by Crippen LogP contribution is 2.27. The van der Waals surface area contributed by atoms with Gasteiger partial charge in [0.2, 0.25) is 5.95 Å². The highest BCUT2D eigenvalue weighted by molar-refractivity contribution is 5.36. The van der Waals surface area contributed by atoms with E-state index in [1.807, 2.05) is 0 Å². The van der Waals surface area contributed by atoms with Crippen molar-refractivity contribution in [3.05, 3.63) is 17.0 Å². The fourth-order valence-corrected chi connectivity index (χ4v) is 3.80. The second-order valence-corrected chi connectivity index (χ2v) is 6.93. The van der Waals surface area contributed by atoms with Gasteiger partial charge in [0.05, 0.1) is 0 Å². The summed E-state index contributed by atoms with van der Waals surface area (Å²) < 4.78 is 0. The van der Waals surface area contributed by atoms with Gasteiger partial charge in [-0.25, -0.2) is 9.97 Å². The van der Waals surface area contributed by atoms with Crippen LogP contribution in [0.4, 0.5) is 5.95 Å². The van der Waals surface area contributed by atoms with Crippen LogP contribution < -0.4 is 5.32 Å². The molecule has 0 amide bonds. The predicted molar refractivity (Wildman–Crippen MR) is 86.7 cm³/mol. The Hall–Kier alpha value is -1.16. The summed E-state index contributed by atoms with van der Waals surface area (Å²) in [6, 6.07) is 0.778. The summed E-state index contributed by atoms with van der Waals surface area (Å²) in [4.78, 5) is 11.7. The molecule has 0 radical (unpaired) electrons. The van der Waals surface area contributed by atoms with Crippen LogP contribution in [0.5, 0.6) is 0 Å². The fourth-order valence-electron chi connectivity index (χ4n) is 3.80. The van der Waals surface area contributed by atoms with E-state index in [2.05, 4.69) is 36.2 Å². The van der Waals surface area contributed by atoms with Crippen molar-refractivity contribution in [3.8, 4) is 0 Å². The number of hydrogen-bond donors (Lipinski definition) is 1. The van der Waals surface area contributed by atoms with Crippen molar-refractivity contribution < 1.29 is 0 Å². The Labute approximate surface area is 128 Å². The number of anilines is 1. The summed E-state index contributed by atoms with van der Waals surface area (Å²) in [7, 11) is 4.40. The molecule has 0 aliphatic heterocycles. The van der Waals surface area contributed by atoms with Gasteiger partial charge in [-0.3, -0.25) is 0 Å². The largest absolute Gasteiger partial charge is 0.354 e. The number of aryl methyl sites for hydroxylation is 2. The summed E-state index contributed by atoms with van der Waals surface area (Å²) in [6.07, 6.45) is 8.81. The molecule has 1 fully saturated rings. The van der Waals surface area contributed by atoms with Crippen LogP contribution in [-0.4, -0.2) is 41.5 Å². The van der Waals surface area contributed by atoms with E-state index in [0.717, 1.165) is 37.3 Å². The van der Waals surface area contributed by atoms with E-state index < -0.39 is 0 Å². The smallest absolute Gasteiger partial charge is 0.223 e. The number of nitrogens with zero attached hydrogens (tertiary/aromatic N) is 3. The van der Waals surface area contributed by atoms with Crippen molar-refractivity contribution in [1.82, 2.24) is 14.9 Å². The van der Waals surface area contributed by atoms with E-state index in [-0.39, 0.29) is 0 Å². The predicted octanol–water partition coefficient (Wildman–Crippen LogP) is 2.81. The lowest BCUT2D eigenvalue weighted by Crippen LogP contribution is -2.33. The summed E-state index contributed by atoms with van der Waals surface area (Å²) in [5, 5.41) is 3.49. The molecule has 4 nitrogen and oxygen atoms in total. The molecule has 1 N–H and O–H groups in total. The molecular weight excluding hydrogens is 260 g/mol. The summed E-state index contributed by atoms with van der Waals surface area (Å²) in [5.41, 5.74) is 3.85. The third-order valence-electron chi connectivity index (χ3n) is 5.24. The normalized spacial score (nSPS) is 25.1. The zero-order valence-corrected chi connectivity index (χ0v) is 13.7. The fraction of sp³-hybridized carbons (Fsp3) is 0.765. The number of fused-ring (bicyclic) bond motifs is 1. The maximum atomic E-state index is 4.71. The minimum atomic E-state index is 0.776. The molecule has 21 heavy (non-hydrogen) atoms. The van der Waals surface area contributed by atoms with Crippen LogP contribution in [0.25, 0.3) is 0 Å². The average Bonchev–Trinajstić information content (AvgIpc) is 2.94. The minimum absolute atomic E-state index is 0.776.